The van der Waals surface area contributed by atoms with Gasteiger partial charge in [-0.25, -0.2) is 0 Å². The molecule has 148 valence electrons. The van der Waals surface area contributed by atoms with Crippen molar-refractivity contribution in [3.8, 4) is 0 Å². The summed E-state index contributed by atoms with van der Waals surface area (Å²) >= 11 is 0. The molecule has 0 aliphatic heterocycles. The van der Waals surface area contributed by atoms with E-state index in [0.717, 1.165) is 25.7 Å². The van der Waals surface area contributed by atoms with Crippen LogP contribution in [-0.2, 0) is 4.79 Å². The Kier molecular flexibility index (Phi) is 16.5. The lowest BCUT2D eigenvalue weighted by Crippen LogP contribution is -2.23. The third kappa shape index (κ3) is 15.4. The normalized spacial score (nSPS) is 12.2. The fourth-order valence-electron chi connectivity index (χ4n) is 3.46. The quantitative estimate of drug-likeness (QED) is 0.179. The number of unbranched alkanes of at least 4 members (excludes halogenated alkanes) is 11. The van der Waals surface area contributed by atoms with Crippen LogP contribution in [0.4, 0.5) is 0 Å². The average Bonchev–Trinajstić information content (AvgIpc) is 2.58. The second-order valence-corrected chi connectivity index (χ2v) is 8.39. The van der Waals surface area contributed by atoms with Crippen molar-refractivity contribution in [2.45, 2.75) is 130 Å². The summed E-state index contributed by atoms with van der Waals surface area (Å²) in [7, 11) is 0. The van der Waals surface area contributed by atoms with Crippen LogP contribution < -0.4 is 0 Å². The molecular formula is C24H46O. The number of carbonyl (C=O) groups is 1. The number of rotatable bonds is 18. The maximum absolute atomic E-state index is 12.2. The molecule has 0 saturated heterocycles. The van der Waals surface area contributed by atoms with Gasteiger partial charge in [0.2, 0.25) is 0 Å². The van der Waals surface area contributed by atoms with Crippen LogP contribution in [0.25, 0.3) is 0 Å². The van der Waals surface area contributed by atoms with E-state index >= 15 is 0 Å². The van der Waals surface area contributed by atoms with Crippen LogP contribution in [0.3, 0.4) is 0 Å². The first-order chi connectivity index (χ1) is 12.0. The molecule has 0 rings (SSSR count). The van der Waals surface area contributed by atoms with E-state index in [2.05, 4.69) is 39.8 Å². The van der Waals surface area contributed by atoms with Crippen molar-refractivity contribution in [2.75, 3.05) is 0 Å². The maximum atomic E-state index is 12.2. The van der Waals surface area contributed by atoms with E-state index in [1.165, 1.54) is 77.0 Å². The molecule has 25 heavy (non-hydrogen) atoms. The zero-order valence-corrected chi connectivity index (χ0v) is 17.9. The molecule has 1 heteroatoms. The van der Waals surface area contributed by atoms with Crippen LogP contribution in [0, 0.1) is 5.41 Å². The Hall–Kier alpha value is -0.590. The third-order valence-electron chi connectivity index (χ3n) is 5.30. The van der Waals surface area contributed by atoms with Gasteiger partial charge in [-0.05, 0) is 38.5 Å². The molecule has 0 N–H and O–H groups in total. The van der Waals surface area contributed by atoms with Crippen LogP contribution in [-0.4, -0.2) is 5.78 Å². The molecule has 0 aromatic carbocycles. The lowest BCUT2D eigenvalue weighted by atomic mass is 9.81. The van der Waals surface area contributed by atoms with Gasteiger partial charge in [-0.15, -0.1) is 0 Å². The fourth-order valence-corrected chi connectivity index (χ4v) is 3.46. The molecule has 0 amide bonds. The summed E-state index contributed by atoms with van der Waals surface area (Å²) in [6.45, 7) is 8.65. The third-order valence-corrected chi connectivity index (χ3v) is 5.30. The molecule has 0 heterocycles. The summed E-state index contributed by atoms with van der Waals surface area (Å²) in [5.74, 6) is 0.468. The molecule has 0 fully saturated rings. The van der Waals surface area contributed by atoms with E-state index < -0.39 is 0 Å². The summed E-state index contributed by atoms with van der Waals surface area (Å²) in [5.41, 5.74) is -0.0989. The minimum absolute atomic E-state index is 0.0989. The molecule has 0 aliphatic carbocycles. The van der Waals surface area contributed by atoms with Gasteiger partial charge < -0.3 is 0 Å². The highest BCUT2D eigenvalue weighted by Gasteiger charge is 2.25. The van der Waals surface area contributed by atoms with Gasteiger partial charge in [0.25, 0.3) is 0 Å². The molecule has 0 aromatic heterocycles. The molecule has 0 aromatic rings. The first-order valence-electron chi connectivity index (χ1n) is 11.2. The first kappa shape index (κ1) is 24.4. The van der Waals surface area contributed by atoms with Crippen LogP contribution >= 0.6 is 0 Å². The van der Waals surface area contributed by atoms with Crippen molar-refractivity contribution in [1.29, 1.82) is 0 Å². The van der Waals surface area contributed by atoms with Gasteiger partial charge in [-0.1, -0.05) is 97.6 Å². The van der Waals surface area contributed by atoms with Gasteiger partial charge in [-0.3, -0.25) is 4.79 Å². The average molecular weight is 351 g/mol. The van der Waals surface area contributed by atoms with Crippen molar-refractivity contribution in [3.05, 3.63) is 12.2 Å². The summed E-state index contributed by atoms with van der Waals surface area (Å²) < 4.78 is 0. The van der Waals surface area contributed by atoms with Gasteiger partial charge in [-0.2, -0.15) is 0 Å². The summed E-state index contributed by atoms with van der Waals surface area (Å²) in [4.78, 5) is 12.2. The van der Waals surface area contributed by atoms with Crippen LogP contribution in [0.2, 0.25) is 0 Å². The van der Waals surface area contributed by atoms with E-state index in [4.69, 9.17) is 0 Å². The van der Waals surface area contributed by atoms with E-state index in [-0.39, 0.29) is 5.41 Å². The maximum Gasteiger partial charge on any atom is 0.138 e. The fraction of sp³-hybridized carbons (Fsp3) is 0.875. The number of hydrogen-bond donors (Lipinski definition) is 0. The minimum atomic E-state index is -0.0989. The lowest BCUT2D eigenvalue weighted by molar-refractivity contribution is -0.127. The minimum Gasteiger partial charge on any atom is -0.299 e. The monoisotopic (exact) mass is 350 g/mol. The molecule has 0 atom stereocenters. The van der Waals surface area contributed by atoms with Crippen molar-refractivity contribution in [1.82, 2.24) is 0 Å². The van der Waals surface area contributed by atoms with Crippen LogP contribution in [0.5, 0.6) is 0 Å². The van der Waals surface area contributed by atoms with E-state index in [9.17, 15) is 4.79 Å². The molecule has 0 saturated carbocycles. The van der Waals surface area contributed by atoms with Gasteiger partial charge in [0.15, 0.2) is 0 Å². The van der Waals surface area contributed by atoms with Crippen molar-refractivity contribution in [2.24, 2.45) is 5.41 Å². The Labute approximate surface area is 159 Å². The number of ketones is 1. The predicted molar refractivity (Wildman–Crippen MR) is 113 cm³/mol. The Balaban J connectivity index is 3.34. The lowest BCUT2D eigenvalue weighted by Gasteiger charge is -2.22. The molecule has 0 aliphatic rings. The highest BCUT2D eigenvalue weighted by Crippen LogP contribution is 2.26. The molecule has 1 nitrogen and oxygen atoms in total. The largest absolute Gasteiger partial charge is 0.299 e. The zero-order valence-electron chi connectivity index (χ0n) is 17.9. The number of carbonyl (C=O) groups excluding carboxylic acids is 1. The topological polar surface area (TPSA) is 17.1 Å². The predicted octanol–water partition coefficient (Wildman–Crippen LogP) is 8.42. The van der Waals surface area contributed by atoms with E-state index in [0.29, 0.717) is 5.78 Å². The van der Waals surface area contributed by atoms with Gasteiger partial charge in [0.05, 0.1) is 0 Å². The van der Waals surface area contributed by atoms with Crippen molar-refractivity contribution in [3.63, 3.8) is 0 Å². The van der Waals surface area contributed by atoms with Gasteiger partial charge in [0.1, 0.15) is 5.78 Å². The number of hydrogen-bond acceptors (Lipinski definition) is 1. The molecular weight excluding hydrogens is 304 g/mol. The van der Waals surface area contributed by atoms with Crippen LogP contribution in [0.15, 0.2) is 12.2 Å². The Morgan fingerprint density at radius 3 is 1.68 bits per heavy atom. The smallest absolute Gasteiger partial charge is 0.138 e. The molecule has 0 bridgehead atoms. The van der Waals surface area contributed by atoms with Crippen LogP contribution in [0.1, 0.15) is 130 Å². The highest BCUT2D eigenvalue weighted by atomic mass is 16.1. The molecule has 0 radical (unpaired) electrons. The molecule has 0 spiro atoms. The number of Topliss-reactive ketones (excluding diaryl/α,β-unsaturated/α-hetero) is 1. The highest BCUT2D eigenvalue weighted by molar-refractivity contribution is 5.83. The van der Waals surface area contributed by atoms with E-state index in [1.54, 1.807) is 0 Å². The van der Waals surface area contributed by atoms with Gasteiger partial charge in [0, 0.05) is 11.8 Å². The summed E-state index contributed by atoms with van der Waals surface area (Å²) in [6.07, 6.45) is 24.7. The number of allylic oxidation sites excluding steroid dienone is 2. The standard InChI is InChI=1S/C24H46O/c1-5-7-8-9-10-11-12-13-14-15-16-17-18-19-20-21-23(25)24(3,4)22-6-2/h11-12H,5-10,13-22H2,1-4H3/b12-11-. The Morgan fingerprint density at radius 2 is 1.16 bits per heavy atom. The Morgan fingerprint density at radius 1 is 0.680 bits per heavy atom. The van der Waals surface area contributed by atoms with Gasteiger partial charge >= 0.3 is 0 Å². The zero-order chi connectivity index (χ0) is 18.8. The SMILES string of the molecule is CCCCCC/C=C\CCCCCCCCCC(=O)C(C)(C)CCC. The van der Waals surface area contributed by atoms with Crippen molar-refractivity contribution >= 4 is 5.78 Å². The van der Waals surface area contributed by atoms with Crippen molar-refractivity contribution < 1.29 is 4.79 Å². The second kappa shape index (κ2) is 16.9. The molecule has 0 unspecified atom stereocenters. The second-order valence-electron chi connectivity index (χ2n) is 8.39. The first-order valence-corrected chi connectivity index (χ1v) is 11.2. The Bertz CT molecular complexity index is 327. The summed E-state index contributed by atoms with van der Waals surface area (Å²) in [6, 6.07) is 0. The van der Waals surface area contributed by atoms with E-state index in [1.807, 2.05) is 0 Å². The summed E-state index contributed by atoms with van der Waals surface area (Å²) in [5, 5.41) is 0.